The van der Waals surface area contributed by atoms with Crippen molar-refractivity contribution >= 4 is 28.4 Å². The summed E-state index contributed by atoms with van der Waals surface area (Å²) in [5.74, 6) is 0. The van der Waals surface area contributed by atoms with Crippen LogP contribution in [0.2, 0.25) is 0 Å². The van der Waals surface area contributed by atoms with Gasteiger partial charge in [-0.3, -0.25) is 0 Å². The van der Waals surface area contributed by atoms with Gasteiger partial charge in [-0.05, 0) is 37.6 Å². The third-order valence-corrected chi connectivity index (χ3v) is 5.31. The van der Waals surface area contributed by atoms with Gasteiger partial charge in [0.2, 0.25) is 0 Å². The Morgan fingerprint density at radius 2 is 2.00 bits per heavy atom. The Morgan fingerprint density at radius 3 is 2.71 bits per heavy atom. The first-order valence-electron chi connectivity index (χ1n) is 7.08. The van der Waals surface area contributed by atoms with Gasteiger partial charge in [0.05, 0.1) is 10.7 Å². The number of aromatic nitrogens is 1. The molecule has 0 bridgehead atoms. The molecule has 21 heavy (non-hydrogen) atoms. The van der Waals surface area contributed by atoms with Crippen LogP contribution in [0.3, 0.4) is 0 Å². The summed E-state index contributed by atoms with van der Waals surface area (Å²) in [6, 6.07) is 12.9. The van der Waals surface area contributed by atoms with E-state index >= 15 is 0 Å². The maximum Gasteiger partial charge on any atom is 0.0901 e. The molecule has 0 saturated heterocycles. The van der Waals surface area contributed by atoms with Gasteiger partial charge < -0.3 is 5.32 Å². The fourth-order valence-corrected chi connectivity index (χ4v) is 3.70. The number of nitrogens with zero attached hydrogens (tertiary/aromatic N) is 1. The molecule has 0 spiro atoms. The van der Waals surface area contributed by atoms with E-state index in [2.05, 4.69) is 59.0 Å². The molecule has 0 saturated carbocycles. The molecule has 3 aromatic rings. The molecule has 2 heterocycles. The summed E-state index contributed by atoms with van der Waals surface area (Å²) in [4.78, 5) is 7.37. The van der Waals surface area contributed by atoms with Crippen molar-refractivity contribution in [2.45, 2.75) is 26.8 Å². The normalized spacial score (nSPS) is 10.8. The molecule has 108 valence electrons. The Bertz CT molecular complexity index is 728. The molecular formula is C17H18N2S2. The SMILES string of the molecule is CCc1ccc(CNc2cccc(-c3csc(C)n3)c2)s1. The predicted octanol–water partition coefficient (Wildman–Crippen LogP) is 5.35. The molecule has 1 aromatic carbocycles. The molecule has 0 amide bonds. The van der Waals surface area contributed by atoms with Crippen molar-refractivity contribution in [3.63, 3.8) is 0 Å². The lowest BCUT2D eigenvalue weighted by atomic mass is 10.1. The van der Waals surface area contributed by atoms with Crippen LogP contribution in [-0.2, 0) is 13.0 Å². The summed E-state index contributed by atoms with van der Waals surface area (Å²) in [6.07, 6.45) is 1.11. The Hall–Kier alpha value is -1.65. The minimum absolute atomic E-state index is 0.879. The fourth-order valence-electron chi connectivity index (χ4n) is 2.18. The van der Waals surface area contributed by atoms with Gasteiger partial charge in [-0.2, -0.15) is 0 Å². The van der Waals surface area contributed by atoms with Crippen molar-refractivity contribution in [3.05, 3.63) is 56.5 Å². The first-order chi connectivity index (χ1) is 10.2. The molecule has 0 fully saturated rings. The number of thiophene rings is 1. The molecular weight excluding hydrogens is 296 g/mol. The number of benzene rings is 1. The van der Waals surface area contributed by atoms with Crippen LogP contribution in [0.4, 0.5) is 5.69 Å². The van der Waals surface area contributed by atoms with Crippen LogP contribution in [-0.4, -0.2) is 4.98 Å². The van der Waals surface area contributed by atoms with Gasteiger partial charge in [-0.15, -0.1) is 22.7 Å². The maximum atomic E-state index is 4.55. The second-order valence-corrected chi connectivity index (χ2v) is 7.22. The highest BCUT2D eigenvalue weighted by Crippen LogP contribution is 2.25. The van der Waals surface area contributed by atoms with Crippen molar-refractivity contribution in [1.82, 2.24) is 4.98 Å². The highest BCUT2D eigenvalue weighted by molar-refractivity contribution is 7.12. The molecule has 0 aliphatic heterocycles. The summed E-state index contributed by atoms with van der Waals surface area (Å²) in [5.41, 5.74) is 3.37. The lowest BCUT2D eigenvalue weighted by Crippen LogP contribution is -1.97. The standard InChI is InChI=1S/C17H18N2S2/c1-3-15-7-8-16(21-15)10-18-14-6-4-5-13(9-14)17-11-20-12(2)19-17/h4-9,11,18H,3,10H2,1-2H3. The van der Waals surface area contributed by atoms with Crippen molar-refractivity contribution in [2.24, 2.45) is 0 Å². The van der Waals surface area contributed by atoms with Crippen molar-refractivity contribution in [1.29, 1.82) is 0 Å². The number of hydrogen-bond acceptors (Lipinski definition) is 4. The van der Waals surface area contributed by atoms with Gasteiger partial charge in [0.25, 0.3) is 0 Å². The zero-order valence-electron chi connectivity index (χ0n) is 12.2. The number of aryl methyl sites for hydroxylation is 2. The van der Waals surface area contributed by atoms with E-state index in [9.17, 15) is 0 Å². The van der Waals surface area contributed by atoms with Crippen LogP contribution in [0.1, 0.15) is 21.7 Å². The van der Waals surface area contributed by atoms with E-state index in [4.69, 9.17) is 0 Å². The van der Waals surface area contributed by atoms with Crippen LogP contribution < -0.4 is 5.32 Å². The average molecular weight is 314 g/mol. The minimum atomic E-state index is 0.879. The summed E-state index contributed by atoms with van der Waals surface area (Å²) < 4.78 is 0. The summed E-state index contributed by atoms with van der Waals surface area (Å²) in [5, 5.41) is 6.72. The topological polar surface area (TPSA) is 24.9 Å². The van der Waals surface area contributed by atoms with Crippen LogP contribution in [0.25, 0.3) is 11.3 Å². The second kappa shape index (κ2) is 6.41. The van der Waals surface area contributed by atoms with Gasteiger partial charge in [-0.1, -0.05) is 19.1 Å². The molecule has 3 rings (SSSR count). The van der Waals surface area contributed by atoms with E-state index in [0.29, 0.717) is 0 Å². The van der Waals surface area contributed by atoms with Crippen molar-refractivity contribution < 1.29 is 0 Å². The van der Waals surface area contributed by atoms with Gasteiger partial charge in [0, 0.05) is 32.9 Å². The number of thiazole rings is 1. The van der Waals surface area contributed by atoms with E-state index in [1.54, 1.807) is 11.3 Å². The maximum absolute atomic E-state index is 4.55. The number of hydrogen-bond donors (Lipinski definition) is 1. The largest absolute Gasteiger partial charge is 0.380 e. The van der Waals surface area contributed by atoms with Crippen LogP contribution in [0, 0.1) is 6.92 Å². The first kappa shape index (κ1) is 14.3. The van der Waals surface area contributed by atoms with Gasteiger partial charge in [0.1, 0.15) is 0 Å². The molecule has 0 unspecified atom stereocenters. The second-order valence-electron chi connectivity index (χ2n) is 4.91. The van der Waals surface area contributed by atoms with Crippen LogP contribution >= 0.6 is 22.7 Å². The lowest BCUT2D eigenvalue weighted by molar-refractivity contribution is 1.19. The van der Waals surface area contributed by atoms with Crippen LogP contribution in [0.5, 0.6) is 0 Å². The van der Waals surface area contributed by atoms with Gasteiger partial charge >= 0.3 is 0 Å². The highest BCUT2D eigenvalue weighted by atomic mass is 32.1. The minimum Gasteiger partial charge on any atom is -0.380 e. The molecule has 2 nitrogen and oxygen atoms in total. The van der Waals surface area contributed by atoms with E-state index in [-0.39, 0.29) is 0 Å². The van der Waals surface area contributed by atoms with E-state index < -0.39 is 0 Å². The molecule has 0 aliphatic carbocycles. The van der Waals surface area contributed by atoms with Crippen LogP contribution in [0.15, 0.2) is 41.8 Å². The fraction of sp³-hybridized carbons (Fsp3) is 0.235. The summed E-state index contributed by atoms with van der Waals surface area (Å²) in [7, 11) is 0. The molecule has 2 aromatic heterocycles. The van der Waals surface area contributed by atoms with Crippen molar-refractivity contribution in [2.75, 3.05) is 5.32 Å². The van der Waals surface area contributed by atoms with Crippen molar-refractivity contribution in [3.8, 4) is 11.3 Å². The monoisotopic (exact) mass is 314 g/mol. The Kier molecular flexibility index (Phi) is 4.36. The zero-order chi connectivity index (χ0) is 14.7. The van der Waals surface area contributed by atoms with Gasteiger partial charge in [-0.25, -0.2) is 4.98 Å². The highest BCUT2D eigenvalue weighted by Gasteiger charge is 2.04. The third-order valence-electron chi connectivity index (χ3n) is 3.31. The molecule has 4 heteroatoms. The lowest BCUT2D eigenvalue weighted by Gasteiger charge is -2.06. The van der Waals surface area contributed by atoms with E-state index in [1.807, 2.05) is 18.3 Å². The van der Waals surface area contributed by atoms with E-state index in [0.717, 1.165) is 29.4 Å². The molecule has 1 N–H and O–H groups in total. The summed E-state index contributed by atoms with van der Waals surface area (Å²) in [6.45, 7) is 5.12. The average Bonchev–Trinajstić information content (AvgIpc) is 3.14. The Morgan fingerprint density at radius 1 is 1.14 bits per heavy atom. The number of anilines is 1. The zero-order valence-corrected chi connectivity index (χ0v) is 13.9. The van der Waals surface area contributed by atoms with E-state index in [1.165, 1.54) is 15.3 Å². The van der Waals surface area contributed by atoms with Gasteiger partial charge in [0.15, 0.2) is 0 Å². The Labute approximate surface area is 133 Å². The molecule has 0 aliphatic rings. The summed E-state index contributed by atoms with van der Waals surface area (Å²) >= 11 is 3.57. The molecule has 0 atom stereocenters. The molecule has 0 radical (unpaired) electrons. The quantitative estimate of drug-likeness (QED) is 0.686. The smallest absolute Gasteiger partial charge is 0.0901 e. The number of rotatable bonds is 5. The predicted molar refractivity (Wildman–Crippen MR) is 93.3 cm³/mol. The number of nitrogens with one attached hydrogen (secondary N) is 1. The first-order valence-corrected chi connectivity index (χ1v) is 8.78. The third kappa shape index (κ3) is 3.52. The Balaban J connectivity index is 1.71.